The number of aliphatic hydroxyl groups is 1. The van der Waals surface area contributed by atoms with Crippen molar-refractivity contribution in [2.24, 2.45) is 0 Å². The summed E-state index contributed by atoms with van der Waals surface area (Å²) in [5.74, 6) is 0. The van der Waals surface area contributed by atoms with E-state index in [1.54, 1.807) is 12.1 Å². The first-order valence-electron chi connectivity index (χ1n) is 5.64. The van der Waals surface area contributed by atoms with Crippen molar-refractivity contribution in [3.8, 4) is 0 Å². The molecule has 96 valence electrons. The van der Waals surface area contributed by atoms with Gasteiger partial charge >= 0.3 is 0 Å². The van der Waals surface area contributed by atoms with Gasteiger partial charge in [-0.25, -0.2) is 8.42 Å². The molecule has 2 N–H and O–H groups in total. The number of aliphatic hydroxyl groups excluding tert-OH is 1. The highest BCUT2D eigenvalue weighted by atomic mass is 32.2. The van der Waals surface area contributed by atoms with Gasteiger partial charge in [-0.2, -0.15) is 0 Å². The zero-order valence-electron chi connectivity index (χ0n) is 10.0. The lowest BCUT2D eigenvalue weighted by Crippen LogP contribution is -2.15. The number of hydrogen-bond acceptors (Lipinski definition) is 4. The maximum Gasteiger partial charge on any atom is 0.175 e. The summed E-state index contributed by atoms with van der Waals surface area (Å²) in [5, 5.41) is 11.8. The average molecular weight is 257 g/mol. The number of unbranched alkanes of at least 4 members (excludes halogenated alkanes) is 1. The van der Waals surface area contributed by atoms with Crippen LogP contribution in [0.4, 0.5) is 0 Å². The van der Waals surface area contributed by atoms with Gasteiger partial charge in [-0.1, -0.05) is 12.1 Å². The lowest BCUT2D eigenvalue weighted by atomic mass is 10.2. The molecule has 0 saturated heterocycles. The van der Waals surface area contributed by atoms with Gasteiger partial charge in [0.1, 0.15) is 0 Å². The van der Waals surface area contributed by atoms with Crippen LogP contribution in [0.3, 0.4) is 0 Å². The molecule has 0 bridgehead atoms. The van der Waals surface area contributed by atoms with Crippen molar-refractivity contribution in [3.05, 3.63) is 29.8 Å². The van der Waals surface area contributed by atoms with Gasteiger partial charge in [-0.15, -0.1) is 0 Å². The van der Waals surface area contributed by atoms with Crippen molar-refractivity contribution in [1.82, 2.24) is 5.32 Å². The third kappa shape index (κ3) is 5.30. The molecule has 0 amide bonds. The molecule has 1 rings (SSSR count). The van der Waals surface area contributed by atoms with Crippen molar-refractivity contribution < 1.29 is 13.5 Å². The second-order valence-electron chi connectivity index (χ2n) is 4.02. The molecule has 0 aliphatic heterocycles. The van der Waals surface area contributed by atoms with Gasteiger partial charge in [0, 0.05) is 19.4 Å². The van der Waals surface area contributed by atoms with E-state index in [4.69, 9.17) is 5.11 Å². The molecule has 1 aromatic carbocycles. The minimum absolute atomic E-state index is 0.227. The van der Waals surface area contributed by atoms with Crippen molar-refractivity contribution in [2.75, 3.05) is 19.4 Å². The first-order chi connectivity index (χ1) is 8.04. The second kappa shape index (κ2) is 6.74. The van der Waals surface area contributed by atoms with E-state index in [-0.39, 0.29) is 6.61 Å². The Morgan fingerprint density at radius 2 is 1.82 bits per heavy atom. The summed E-state index contributed by atoms with van der Waals surface area (Å²) in [6.07, 6.45) is 2.95. The topological polar surface area (TPSA) is 66.4 Å². The Balaban J connectivity index is 2.41. The van der Waals surface area contributed by atoms with E-state index >= 15 is 0 Å². The first-order valence-corrected chi connectivity index (χ1v) is 7.54. The second-order valence-corrected chi connectivity index (χ2v) is 6.04. The van der Waals surface area contributed by atoms with Crippen LogP contribution in [0.15, 0.2) is 29.2 Å². The van der Waals surface area contributed by atoms with Crippen LogP contribution in [0.1, 0.15) is 18.4 Å². The third-order valence-electron chi connectivity index (χ3n) is 2.44. The Morgan fingerprint density at radius 3 is 2.35 bits per heavy atom. The van der Waals surface area contributed by atoms with E-state index in [1.807, 2.05) is 12.1 Å². The normalized spacial score (nSPS) is 11.6. The van der Waals surface area contributed by atoms with Crippen LogP contribution < -0.4 is 5.32 Å². The van der Waals surface area contributed by atoms with E-state index in [1.165, 1.54) is 6.26 Å². The van der Waals surface area contributed by atoms with E-state index in [0.717, 1.165) is 31.5 Å². The van der Waals surface area contributed by atoms with E-state index in [0.29, 0.717) is 4.90 Å². The Labute approximate surface area is 103 Å². The molecule has 0 spiro atoms. The monoisotopic (exact) mass is 257 g/mol. The summed E-state index contributed by atoms with van der Waals surface area (Å²) in [4.78, 5) is 0.349. The van der Waals surface area contributed by atoms with Crippen LogP contribution in [0.2, 0.25) is 0 Å². The molecule has 0 heterocycles. The van der Waals surface area contributed by atoms with Crippen LogP contribution in [0.5, 0.6) is 0 Å². The molecule has 17 heavy (non-hydrogen) atoms. The minimum atomic E-state index is -3.10. The summed E-state index contributed by atoms with van der Waals surface area (Å²) >= 11 is 0. The molecule has 0 aliphatic carbocycles. The Bertz CT molecular complexity index is 426. The predicted molar refractivity (Wildman–Crippen MR) is 67.6 cm³/mol. The van der Waals surface area contributed by atoms with Gasteiger partial charge in [-0.05, 0) is 37.1 Å². The summed E-state index contributed by atoms with van der Waals surface area (Å²) in [6.45, 7) is 1.80. The highest BCUT2D eigenvalue weighted by Gasteiger charge is 2.05. The molecule has 0 atom stereocenters. The Morgan fingerprint density at radius 1 is 1.18 bits per heavy atom. The number of rotatable bonds is 7. The SMILES string of the molecule is CS(=O)(=O)c1ccc(CNCCCCO)cc1. The Hall–Kier alpha value is -0.910. The van der Waals surface area contributed by atoms with Gasteiger partial charge in [0.25, 0.3) is 0 Å². The molecule has 0 fully saturated rings. The minimum Gasteiger partial charge on any atom is -0.396 e. The Kier molecular flexibility index (Phi) is 5.61. The van der Waals surface area contributed by atoms with Crippen LogP contribution in [-0.2, 0) is 16.4 Å². The summed E-state index contributed by atoms with van der Waals surface area (Å²) in [7, 11) is -3.10. The van der Waals surface area contributed by atoms with Crippen LogP contribution >= 0.6 is 0 Å². The number of nitrogens with one attached hydrogen (secondary N) is 1. The predicted octanol–water partition coefficient (Wildman–Crippen LogP) is 0.952. The zero-order valence-corrected chi connectivity index (χ0v) is 10.8. The molecular weight excluding hydrogens is 238 g/mol. The molecule has 0 saturated carbocycles. The molecule has 0 radical (unpaired) electrons. The quantitative estimate of drug-likeness (QED) is 0.714. The van der Waals surface area contributed by atoms with Gasteiger partial charge in [-0.3, -0.25) is 0 Å². The highest BCUT2D eigenvalue weighted by molar-refractivity contribution is 7.90. The van der Waals surface area contributed by atoms with Gasteiger partial charge < -0.3 is 10.4 Å². The molecule has 5 heteroatoms. The standard InChI is InChI=1S/C12H19NO3S/c1-17(15,16)12-6-4-11(5-7-12)10-13-8-2-3-9-14/h4-7,13-14H,2-3,8-10H2,1H3. The maximum atomic E-state index is 11.2. The van der Waals surface area contributed by atoms with E-state index < -0.39 is 9.84 Å². The van der Waals surface area contributed by atoms with Gasteiger partial charge in [0.2, 0.25) is 0 Å². The lowest BCUT2D eigenvalue weighted by Gasteiger charge is -2.05. The van der Waals surface area contributed by atoms with Crippen molar-refractivity contribution >= 4 is 9.84 Å². The van der Waals surface area contributed by atoms with Gasteiger partial charge in [0.05, 0.1) is 4.90 Å². The zero-order chi connectivity index (χ0) is 12.7. The number of hydrogen-bond donors (Lipinski definition) is 2. The molecule has 0 aromatic heterocycles. The van der Waals surface area contributed by atoms with Crippen molar-refractivity contribution in [1.29, 1.82) is 0 Å². The third-order valence-corrected chi connectivity index (χ3v) is 3.57. The van der Waals surface area contributed by atoms with E-state index in [9.17, 15) is 8.42 Å². The van der Waals surface area contributed by atoms with Crippen LogP contribution in [0.25, 0.3) is 0 Å². The van der Waals surface area contributed by atoms with Crippen LogP contribution in [-0.4, -0.2) is 32.9 Å². The molecule has 0 aliphatic rings. The number of sulfone groups is 1. The summed E-state index contributed by atoms with van der Waals surface area (Å²) in [5.41, 5.74) is 1.06. The number of benzene rings is 1. The summed E-state index contributed by atoms with van der Waals surface area (Å²) in [6, 6.07) is 6.88. The fourth-order valence-corrected chi connectivity index (χ4v) is 2.08. The van der Waals surface area contributed by atoms with Crippen molar-refractivity contribution in [3.63, 3.8) is 0 Å². The highest BCUT2D eigenvalue weighted by Crippen LogP contribution is 2.10. The van der Waals surface area contributed by atoms with Crippen LogP contribution in [0, 0.1) is 0 Å². The smallest absolute Gasteiger partial charge is 0.175 e. The molecular formula is C12H19NO3S. The first kappa shape index (κ1) is 14.2. The molecule has 0 unspecified atom stereocenters. The fourth-order valence-electron chi connectivity index (χ4n) is 1.45. The maximum absolute atomic E-state index is 11.2. The fraction of sp³-hybridized carbons (Fsp3) is 0.500. The lowest BCUT2D eigenvalue weighted by molar-refractivity contribution is 0.283. The van der Waals surface area contributed by atoms with Crippen molar-refractivity contribution in [2.45, 2.75) is 24.3 Å². The average Bonchev–Trinajstić information content (AvgIpc) is 2.28. The van der Waals surface area contributed by atoms with E-state index in [2.05, 4.69) is 5.32 Å². The van der Waals surface area contributed by atoms with Gasteiger partial charge in [0.15, 0.2) is 9.84 Å². The molecule has 4 nitrogen and oxygen atoms in total. The largest absolute Gasteiger partial charge is 0.396 e. The molecule has 1 aromatic rings. The summed E-state index contributed by atoms with van der Waals surface area (Å²) < 4.78 is 22.5.